The first-order valence-electron chi connectivity index (χ1n) is 7.92. The molecule has 5 heteroatoms. The molecule has 4 nitrogen and oxygen atoms in total. The van der Waals surface area contributed by atoms with Gasteiger partial charge in [0, 0.05) is 18.7 Å². The Hall–Kier alpha value is -1.76. The maximum Gasteiger partial charge on any atom is 0.191 e. The highest BCUT2D eigenvalue weighted by molar-refractivity contribution is 14.0. The van der Waals surface area contributed by atoms with Crippen LogP contribution in [0.25, 0.3) is 0 Å². The molecule has 0 aromatic heterocycles. The summed E-state index contributed by atoms with van der Waals surface area (Å²) < 4.78 is 5.45. The number of methoxy groups -OCH3 is 1. The molecule has 0 aliphatic rings. The second-order valence-corrected chi connectivity index (χ2v) is 5.35. The number of guanidine groups is 1. The van der Waals surface area contributed by atoms with Crippen LogP contribution in [0.2, 0.25) is 0 Å². The fourth-order valence-electron chi connectivity index (χ4n) is 2.27. The first-order chi connectivity index (χ1) is 11.2. The minimum absolute atomic E-state index is 0. The van der Waals surface area contributed by atoms with Gasteiger partial charge in [0.2, 0.25) is 0 Å². The Labute approximate surface area is 161 Å². The average molecular weight is 439 g/mol. The van der Waals surface area contributed by atoms with Crippen molar-refractivity contribution in [2.45, 2.75) is 26.9 Å². The summed E-state index contributed by atoms with van der Waals surface area (Å²) in [5, 5.41) is 6.63. The molecule has 2 N–H and O–H groups in total. The molecule has 2 rings (SSSR count). The van der Waals surface area contributed by atoms with Gasteiger partial charge in [0.25, 0.3) is 0 Å². The third-order valence-corrected chi connectivity index (χ3v) is 3.50. The number of aliphatic imine (C=N–C) groups is 1. The van der Waals surface area contributed by atoms with Crippen molar-refractivity contribution >= 4 is 29.9 Å². The van der Waals surface area contributed by atoms with E-state index in [1.807, 2.05) is 24.3 Å². The first kappa shape index (κ1) is 20.3. The van der Waals surface area contributed by atoms with E-state index in [0.29, 0.717) is 13.1 Å². The van der Waals surface area contributed by atoms with Crippen LogP contribution >= 0.6 is 24.0 Å². The lowest BCUT2D eigenvalue weighted by molar-refractivity contribution is 0.408. The Morgan fingerprint density at radius 1 is 1.08 bits per heavy atom. The molecule has 2 aromatic carbocycles. The molecule has 0 saturated heterocycles. The van der Waals surface area contributed by atoms with E-state index in [0.717, 1.165) is 23.8 Å². The molecule has 0 atom stereocenters. The molecule has 0 fully saturated rings. The number of hydrogen-bond acceptors (Lipinski definition) is 2. The number of hydrogen-bond donors (Lipinski definition) is 2. The van der Waals surface area contributed by atoms with Gasteiger partial charge in [-0.15, -0.1) is 24.0 Å². The molecule has 0 aliphatic heterocycles. The van der Waals surface area contributed by atoms with Gasteiger partial charge in [-0.2, -0.15) is 0 Å². The van der Waals surface area contributed by atoms with E-state index in [1.54, 1.807) is 7.11 Å². The van der Waals surface area contributed by atoms with Gasteiger partial charge in [0.1, 0.15) is 5.75 Å². The van der Waals surface area contributed by atoms with E-state index in [1.165, 1.54) is 11.1 Å². The third-order valence-electron chi connectivity index (χ3n) is 3.50. The van der Waals surface area contributed by atoms with E-state index in [9.17, 15) is 0 Å². The van der Waals surface area contributed by atoms with Crippen molar-refractivity contribution in [1.82, 2.24) is 10.6 Å². The molecule has 0 radical (unpaired) electrons. The number of ether oxygens (including phenoxy) is 1. The Balaban J connectivity index is 0.00000288. The van der Waals surface area contributed by atoms with Gasteiger partial charge in [-0.3, -0.25) is 0 Å². The van der Waals surface area contributed by atoms with Crippen molar-refractivity contribution in [3.8, 4) is 5.75 Å². The molecular weight excluding hydrogens is 413 g/mol. The summed E-state index contributed by atoms with van der Waals surface area (Å²) in [5.41, 5.74) is 3.50. The van der Waals surface area contributed by atoms with Crippen LogP contribution in [0.15, 0.2) is 53.5 Å². The molecule has 0 unspecified atom stereocenters. The molecule has 0 spiro atoms. The minimum Gasteiger partial charge on any atom is -0.496 e. The Morgan fingerprint density at radius 3 is 2.50 bits per heavy atom. The number of nitrogens with one attached hydrogen (secondary N) is 2. The molecule has 0 saturated carbocycles. The molecule has 0 aliphatic carbocycles. The molecular formula is C19H26IN3O. The molecule has 2 aromatic rings. The van der Waals surface area contributed by atoms with Crippen molar-refractivity contribution in [3.63, 3.8) is 0 Å². The van der Waals surface area contributed by atoms with Crippen molar-refractivity contribution in [2.75, 3.05) is 13.7 Å². The number of halogens is 1. The minimum atomic E-state index is 0. The second kappa shape index (κ2) is 10.9. The fraction of sp³-hybridized carbons (Fsp3) is 0.316. The smallest absolute Gasteiger partial charge is 0.191 e. The molecule has 0 heterocycles. The normalized spacial score (nSPS) is 10.7. The van der Waals surface area contributed by atoms with Crippen molar-refractivity contribution in [3.05, 3.63) is 65.2 Å². The third kappa shape index (κ3) is 6.39. The van der Waals surface area contributed by atoms with Crippen LogP contribution in [0.4, 0.5) is 0 Å². The number of nitrogens with zero attached hydrogens (tertiary/aromatic N) is 1. The summed E-state index contributed by atoms with van der Waals surface area (Å²) in [5.74, 6) is 1.70. The van der Waals surface area contributed by atoms with E-state index < -0.39 is 0 Å². The van der Waals surface area contributed by atoms with Gasteiger partial charge in [-0.1, -0.05) is 42.5 Å². The topological polar surface area (TPSA) is 45.7 Å². The zero-order valence-corrected chi connectivity index (χ0v) is 16.8. The summed E-state index contributed by atoms with van der Waals surface area (Å²) >= 11 is 0. The summed E-state index contributed by atoms with van der Waals surface area (Å²) in [6.07, 6.45) is 0. The van der Waals surface area contributed by atoms with Crippen molar-refractivity contribution in [1.29, 1.82) is 0 Å². The van der Waals surface area contributed by atoms with Crippen molar-refractivity contribution in [2.24, 2.45) is 4.99 Å². The van der Waals surface area contributed by atoms with Gasteiger partial charge < -0.3 is 15.4 Å². The lowest BCUT2D eigenvalue weighted by Crippen LogP contribution is -2.36. The zero-order chi connectivity index (χ0) is 16.5. The highest BCUT2D eigenvalue weighted by Gasteiger charge is 2.04. The van der Waals surface area contributed by atoms with Crippen LogP contribution in [0.1, 0.15) is 23.6 Å². The van der Waals surface area contributed by atoms with Crippen LogP contribution < -0.4 is 15.4 Å². The van der Waals surface area contributed by atoms with Gasteiger partial charge in [-0.25, -0.2) is 4.99 Å². The first-order valence-corrected chi connectivity index (χ1v) is 7.92. The Kier molecular flexibility index (Phi) is 9.22. The lowest BCUT2D eigenvalue weighted by atomic mass is 10.1. The summed E-state index contributed by atoms with van der Waals surface area (Å²) in [6.45, 7) is 6.27. The van der Waals surface area contributed by atoms with E-state index >= 15 is 0 Å². The second-order valence-electron chi connectivity index (χ2n) is 5.35. The maximum absolute atomic E-state index is 5.45. The van der Waals surface area contributed by atoms with E-state index in [2.05, 4.69) is 53.7 Å². The maximum atomic E-state index is 5.45. The quantitative estimate of drug-likeness (QED) is 0.408. The monoisotopic (exact) mass is 439 g/mol. The molecule has 0 amide bonds. The van der Waals surface area contributed by atoms with Gasteiger partial charge in [-0.05, 0) is 31.0 Å². The van der Waals surface area contributed by atoms with Crippen LogP contribution in [0.3, 0.4) is 0 Å². The standard InChI is InChI=1S/C19H25N3O.HI/c1-4-20-19(21-13-16-8-6-5-7-9-16)22-14-17-11-10-15(2)12-18(17)23-3;/h5-12H,4,13-14H2,1-3H3,(H2,20,21,22);1H. The zero-order valence-electron chi connectivity index (χ0n) is 14.5. The van der Waals surface area contributed by atoms with Crippen LogP contribution in [0.5, 0.6) is 5.75 Å². The molecule has 0 bridgehead atoms. The number of benzene rings is 2. The largest absolute Gasteiger partial charge is 0.496 e. The predicted molar refractivity (Wildman–Crippen MR) is 111 cm³/mol. The number of rotatable bonds is 6. The SMILES string of the molecule is CCNC(=NCc1ccccc1)NCc1ccc(C)cc1OC.I. The highest BCUT2D eigenvalue weighted by atomic mass is 127. The fourth-order valence-corrected chi connectivity index (χ4v) is 2.27. The van der Waals surface area contributed by atoms with Gasteiger partial charge in [0.15, 0.2) is 5.96 Å². The van der Waals surface area contributed by atoms with Crippen LogP contribution in [-0.4, -0.2) is 19.6 Å². The number of aryl methyl sites for hydroxylation is 1. The van der Waals surface area contributed by atoms with E-state index in [4.69, 9.17) is 4.74 Å². The van der Waals surface area contributed by atoms with Crippen molar-refractivity contribution < 1.29 is 4.74 Å². The Bertz CT molecular complexity index is 644. The predicted octanol–water partition coefficient (Wildman–Crippen LogP) is 3.88. The summed E-state index contributed by atoms with van der Waals surface area (Å²) in [6, 6.07) is 16.5. The average Bonchev–Trinajstić information content (AvgIpc) is 2.59. The molecule has 130 valence electrons. The Morgan fingerprint density at radius 2 is 1.83 bits per heavy atom. The highest BCUT2D eigenvalue weighted by Crippen LogP contribution is 2.19. The van der Waals surface area contributed by atoms with Crippen LogP contribution in [-0.2, 0) is 13.1 Å². The van der Waals surface area contributed by atoms with E-state index in [-0.39, 0.29) is 24.0 Å². The lowest BCUT2D eigenvalue weighted by Gasteiger charge is -2.14. The van der Waals surface area contributed by atoms with Gasteiger partial charge in [0.05, 0.1) is 13.7 Å². The van der Waals surface area contributed by atoms with Gasteiger partial charge >= 0.3 is 0 Å². The molecule has 24 heavy (non-hydrogen) atoms. The van der Waals surface area contributed by atoms with Crippen LogP contribution in [0, 0.1) is 6.92 Å². The summed E-state index contributed by atoms with van der Waals surface area (Å²) in [7, 11) is 1.70. The summed E-state index contributed by atoms with van der Waals surface area (Å²) in [4.78, 5) is 4.63.